The van der Waals surface area contributed by atoms with Crippen LogP contribution >= 0.6 is 11.8 Å². The van der Waals surface area contributed by atoms with Crippen molar-refractivity contribution in [1.29, 1.82) is 0 Å². The van der Waals surface area contributed by atoms with Crippen LogP contribution in [0.25, 0.3) is 0 Å². The molecule has 1 atom stereocenters. The highest BCUT2D eigenvalue weighted by atomic mass is 32.2. The Labute approximate surface area is 189 Å². The zero-order valence-corrected chi connectivity index (χ0v) is 19.7. The lowest BCUT2D eigenvalue weighted by Gasteiger charge is -2.23. The second-order valence-electron chi connectivity index (χ2n) is 7.96. The van der Waals surface area contributed by atoms with E-state index in [2.05, 4.69) is 64.2 Å². The molecule has 3 rings (SSSR count). The highest BCUT2D eigenvalue weighted by Gasteiger charge is 2.22. The largest absolute Gasteiger partial charge is 0.325 e. The molecule has 0 aliphatic rings. The Morgan fingerprint density at radius 2 is 1.87 bits per heavy atom. The normalized spacial score (nSPS) is 12.2. The third kappa shape index (κ3) is 5.95. The van der Waals surface area contributed by atoms with E-state index in [0.29, 0.717) is 6.54 Å². The van der Waals surface area contributed by atoms with Crippen LogP contribution < -0.4 is 5.32 Å². The number of anilines is 1. The van der Waals surface area contributed by atoms with E-state index < -0.39 is 0 Å². The maximum atomic E-state index is 12.6. The maximum Gasteiger partial charge on any atom is 0.234 e. The molecule has 164 valence electrons. The summed E-state index contributed by atoms with van der Waals surface area (Å²) in [5.74, 6) is 1.15. The molecule has 0 saturated heterocycles. The van der Waals surface area contributed by atoms with Gasteiger partial charge in [0.15, 0.2) is 11.0 Å². The van der Waals surface area contributed by atoms with Gasteiger partial charge in [0.25, 0.3) is 0 Å². The van der Waals surface area contributed by atoms with Crippen LogP contribution in [0, 0.1) is 13.8 Å². The molecule has 1 N–H and O–H groups in total. The highest BCUT2D eigenvalue weighted by Crippen LogP contribution is 2.26. The first kappa shape index (κ1) is 23.0. The van der Waals surface area contributed by atoms with Crippen LogP contribution in [0.15, 0.2) is 53.7 Å². The molecule has 0 aliphatic heterocycles. The predicted molar refractivity (Wildman–Crippen MR) is 128 cm³/mol. The third-order valence-corrected chi connectivity index (χ3v) is 6.19. The van der Waals surface area contributed by atoms with E-state index in [9.17, 15) is 4.79 Å². The minimum atomic E-state index is -0.0487. The van der Waals surface area contributed by atoms with Gasteiger partial charge in [0.05, 0.1) is 18.3 Å². The number of aryl methyl sites for hydroxylation is 2. The van der Waals surface area contributed by atoms with Crippen molar-refractivity contribution in [1.82, 2.24) is 19.7 Å². The molecule has 0 saturated carbocycles. The van der Waals surface area contributed by atoms with E-state index in [-0.39, 0.29) is 17.7 Å². The van der Waals surface area contributed by atoms with Crippen molar-refractivity contribution in [2.75, 3.05) is 25.2 Å². The number of hydrogen-bond donors (Lipinski definition) is 1. The second kappa shape index (κ2) is 10.6. The van der Waals surface area contributed by atoms with Gasteiger partial charge in [-0.05, 0) is 51.6 Å². The minimum Gasteiger partial charge on any atom is -0.325 e. The average molecular weight is 438 g/mol. The van der Waals surface area contributed by atoms with Crippen molar-refractivity contribution in [3.63, 3.8) is 0 Å². The zero-order valence-electron chi connectivity index (χ0n) is 18.9. The van der Waals surface area contributed by atoms with Gasteiger partial charge in [-0.15, -0.1) is 10.2 Å². The summed E-state index contributed by atoms with van der Waals surface area (Å²) in [6, 6.07) is 16.5. The first-order chi connectivity index (χ1) is 14.9. The smallest absolute Gasteiger partial charge is 0.234 e. The van der Waals surface area contributed by atoms with Gasteiger partial charge in [-0.1, -0.05) is 66.7 Å². The molecular formula is C24H31N5OS. The third-order valence-electron chi connectivity index (χ3n) is 5.23. The summed E-state index contributed by atoms with van der Waals surface area (Å²) in [5, 5.41) is 12.7. The van der Waals surface area contributed by atoms with Crippen LogP contribution in [0.4, 0.5) is 5.69 Å². The van der Waals surface area contributed by atoms with E-state index in [1.165, 1.54) is 22.9 Å². The average Bonchev–Trinajstić information content (AvgIpc) is 3.12. The van der Waals surface area contributed by atoms with E-state index in [0.717, 1.165) is 28.7 Å². The Bertz CT molecular complexity index is 1020. The number of carbonyl (C=O) groups is 1. The fraction of sp³-hybridized carbons (Fsp3) is 0.375. The summed E-state index contributed by atoms with van der Waals surface area (Å²) < 4.78 is 2.14. The van der Waals surface area contributed by atoms with E-state index in [1.807, 2.05) is 44.2 Å². The lowest BCUT2D eigenvalue weighted by atomic mass is 10.1. The molecule has 7 heteroatoms. The first-order valence-electron chi connectivity index (χ1n) is 10.5. The molecule has 0 unspecified atom stereocenters. The van der Waals surface area contributed by atoms with E-state index in [4.69, 9.17) is 0 Å². The topological polar surface area (TPSA) is 63.1 Å². The maximum absolute atomic E-state index is 12.6. The summed E-state index contributed by atoms with van der Waals surface area (Å²) >= 11 is 1.42. The standard InChI is InChI=1S/C24H31N5OS/c1-6-21(28(4)5)23-26-27-24(29(23)15-19-10-8-7-9-11-19)31-16-22(30)25-20-13-12-17(2)14-18(20)3/h7-14,21H,6,15-16H2,1-5H3,(H,25,30)/t21-/m0/s1. The van der Waals surface area contributed by atoms with Gasteiger partial charge >= 0.3 is 0 Å². The van der Waals surface area contributed by atoms with Crippen molar-refractivity contribution in [2.45, 2.75) is 44.9 Å². The Morgan fingerprint density at radius 3 is 2.52 bits per heavy atom. The molecule has 0 fully saturated rings. The number of aromatic nitrogens is 3. The molecule has 1 aromatic heterocycles. The van der Waals surface area contributed by atoms with Crippen LogP contribution in [-0.2, 0) is 11.3 Å². The Hall–Kier alpha value is -2.64. The summed E-state index contributed by atoms with van der Waals surface area (Å²) in [7, 11) is 4.11. The molecule has 0 radical (unpaired) electrons. The van der Waals surface area contributed by atoms with E-state index in [1.54, 1.807) is 0 Å². The minimum absolute atomic E-state index is 0.0487. The number of benzene rings is 2. The number of carbonyl (C=O) groups excluding carboxylic acids is 1. The summed E-state index contributed by atoms with van der Waals surface area (Å²) in [5.41, 5.74) is 4.27. The summed E-state index contributed by atoms with van der Waals surface area (Å²) in [6.45, 7) is 6.87. The lowest BCUT2D eigenvalue weighted by Crippen LogP contribution is -2.23. The molecule has 3 aromatic rings. The van der Waals surface area contributed by atoms with Crippen LogP contribution in [0.2, 0.25) is 0 Å². The van der Waals surface area contributed by atoms with Gasteiger partial charge in [-0.25, -0.2) is 0 Å². The Kier molecular flexibility index (Phi) is 7.87. The zero-order chi connectivity index (χ0) is 22.4. The lowest BCUT2D eigenvalue weighted by molar-refractivity contribution is -0.113. The van der Waals surface area contributed by atoms with Crippen molar-refractivity contribution in [2.24, 2.45) is 0 Å². The molecule has 31 heavy (non-hydrogen) atoms. The number of rotatable bonds is 9. The van der Waals surface area contributed by atoms with Gasteiger partial charge in [-0.2, -0.15) is 0 Å². The molecule has 6 nitrogen and oxygen atoms in total. The van der Waals surface area contributed by atoms with Gasteiger partial charge in [0.2, 0.25) is 5.91 Å². The second-order valence-corrected chi connectivity index (χ2v) is 8.90. The van der Waals surface area contributed by atoms with Crippen molar-refractivity contribution in [3.8, 4) is 0 Å². The number of amides is 1. The monoisotopic (exact) mass is 437 g/mol. The highest BCUT2D eigenvalue weighted by molar-refractivity contribution is 7.99. The number of thioether (sulfide) groups is 1. The number of nitrogens with zero attached hydrogens (tertiary/aromatic N) is 4. The van der Waals surface area contributed by atoms with Crippen LogP contribution in [0.3, 0.4) is 0 Å². The molecule has 2 aromatic carbocycles. The van der Waals surface area contributed by atoms with Crippen LogP contribution in [-0.4, -0.2) is 45.4 Å². The molecule has 0 spiro atoms. The van der Waals surface area contributed by atoms with E-state index >= 15 is 0 Å². The molecule has 0 bridgehead atoms. The fourth-order valence-corrected chi connectivity index (χ4v) is 4.36. The number of nitrogens with one attached hydrogen (secondary N) is 1. The Balaban J connectivity index is 1.78. The molecular weight excluding hydrogens is 406 g/mol. The predicted octanol–water partition coefficient (Wildman–Crippen LogP) is 4.69. The van der Waals surface area contributed by atoms with Gasteiger partial charge in [0.1, 0.15) is 0 Å². The van der Waals surface area contributed by atoms with Gasteiger partial charge in [0, 0.05) is 5.69 Å². The summed E-state index contributed by atoms with van der Waals surface area (Å²) in [6.07, 6.45) is 0.928. The van der Waals surface area contributed by atoms with Crippen molar-refractivity contribution < 1.29 is 4.79 Å². The quantitative estimate of drug-likeness (QED) is 0.492. The SMILES string of the molecule is CC[C@@H](c1nnc(SCC(=O)Nc2ccc(C)cc2C)n1Cc1ccccc1)N(C)C. The van der Waals surface area contributed by atoms with Crippen LogP contribution in [0.5, 0.6) is 0 Å². The van der Waals surface area contributed by atoms with Crippen molar-refractivity contribution >= 4 is 23.4 Å². The molecule has 1 heterocycles. The van der Waals surface area contributed by atoms with Gasteiger partial charge in [-0.3, -0.25) is 9.69 Å². The first-order valence-corrected chi connectivity index (χ1v) is 11.5. The molecule has 1 amide bonds. The molecule has 0 aliphatic carbocycles. The van der Waals surface area contributed by atoms with Crippen molar-refractivity contribution in [3.05, 3.63) is 71.0 Å². The Morgan fingerprint density at radius 1 is 1.13 bits per heavy atom. The van der Waals surface area contributed by atoms with Crippen LogP contribution in [0.1, 0.15) is 41.9 Å². The number of hydrogen-bond acceptors (Lipinski definition) is 5. The van der Waals surface area contributed by atoms with Gasteiger partial charge < -0.3 is 9.88 Å². The summed E-state index contributed by atoms with van der Waals surface area (Å²) in [4.78, 5) is 14.8. The fourth-order valence-electron chi connectivity index (χ4n) is 3.62.